The van der Waals surface area contributed by atoms with Crippen LogP contribution in [0.15, 0.2) is 100 Å². The van der Waals surface area contributed by atoms with Crippen LogP contribution < -0.4 is 14.5 Å². The number of rotatable bonds is 6. The molecule has 5 nitrogen and oxygen atoms in total. The summed E-state index contributed by atoms with van der Waals surface area (Å²) in [6, 6.07) is 26.1. The number of benzene rings is 3. The second kappa shape index (κ2) is 8.47. The Morgan fingerprint density at radius 3 is 2.07 bits per heavy atom. The molecule has 6 heteroatoms. The Morgan fingerprint density at radius 1 is 0.800 bits per heavy atom. The Labute approximate surface area is 179 Å². The molecular formula is C24H20N2O3S. The quantitative estimate of drug-likeness (QED) is 0.545. The zero-order valence-corrected chi connectivity index (χ0v) is 17.4. The highest BCUT2D eigenvalue weighted by atomic mass is 32.2. The van der Waals surface area contributed by atoms with Crippen molar-refractivity contribution in [3.8, 4) is 5.75 Å². The lowest BCUT2D eigenvalue weighted by atomic mass is 10.2. The van der Waals surface area contributed by atoms with Gasteiger partial charge in [-0.25, -0.2) is 4.90 Å². The molecular weight excluding hydrogens is 396 g/mol. The molecule has 0 saturated heterocycles. The Bertz CT molecular complexity index is 1110. The van der Waals surface area contributed by atoms with Gasteiger partial charge in [0.15, 0.2) is 0 Å². The number of carbonyl (C=O) groups excluding carboxylic acids is 2. The van der Waals surface area contributed by atoms with Crippen molar-refractivity contribution in [3.63, 3.8) is 0 Å². The third-order valence-electron chi connectivity index (χ3n) is 4.79. The number of imide groups is 1. The van der Waals surface area contributed by atoms with Crippen LogP contribution in [-0.4, -0.2) is 26.0 Å². The van der Waals surface area contributed by atoms with E-state index in [1.807, 2.05) is 60.7 Å². The normalized spacial score (nSPS) is 13.7. The molecule has 4 rings (SSSR count). The van der Waals surface area contributed by atoms with Gasteiger partial charge < -0.3 is 9.64 Å². The summed E-state index contributed by atoms with van der Waals surface area (Å²) in [5.41, 5.74) is 1.59. The lowest BCUT2D eigenvalue weighted by Gasteiger charge is -2.22. The topological polar surface area (TPSA) is 49.9 Å². The van der Waals surface area contributed by atoms with E-state index in [1.165, 1.54) is 23.8 Å². The Kier molecular flexibility index (Phi) is 5.59. The standard InChI is InChI=1S/C24H20N2O3S/c1-25(17-11-5-3-6-12-17)21-22(30-18-13-7-4-8-14-18)24(28)26(23(21)27)19-15-9-10-16-20(19)29-2/h3-16H,1-2H3. The van der Waals surface area contributed by atoms with Crippen molar-refractivity contribution >= 4 is 35.0 Å². The summed E-state index contributed by atoms with van der Waals surface area (Å²) < 4.78 is 5.40. The molecule has 1 aliphatic heterocycles. The van der Waals surface area contributed by atoms with E-state index >= 15 is 0 Å². The molecule has 3 aromatic rings. The molecule has 0 fully saturated rings. The summed E-state index contributed by atoms with van der Waals surface area (Å²) in [5, 5.41) is 0. The number of carbonyl (C=O) groups is 2. The molecule has 0 atom stereocenters. The maximum Gasteiger partial charge on any atom is 0.283 e. The SMILES string of the molecule is COc1ccccc1N1C(=O)C(Sc2ccccc2)=C(N(C)c2ccccc2)C1=O. The number of para-hydroxylation sites is 3. The highest BCUT2D eigenvalue weighted by Crippen LogP contribution is 2.41. The van der Waals surface area contributed by atoms with Gasteiger partial charge in [0.2, 0.25) is 0 Å². The fourth-order valence-corrected chi connectivity index (χ4v) is 4.33. The van der Waals surface area contributed by atoms with Gasteiger partial charge in [0.25, 0.3) is 11.8 Å². The highest BCUT2D eigenvalue weighted by Gasteiger charge is 2.43. The van der Waals surface area contributed by atoms with Crippen LogP contribution in [0.5, 0.6) is 5.75 Å². The number of hydrogen-bond acceptors (Lipinski definition) is 5. The monoisotopic (exact) mass is 416 g/mol. The molecule has 150 valence electrons. The van der Waals surface area contributed by atoms with E-state index in [0.717, 1.165) is 10.6 Å². The van der Waals surface area contributed by atoms with Gasteiger partial charge in [-0.15, -0.1) is 0 Å². The van der Waals surface area contributed by atoms with Gasteiger partial charge in [-0.05, 0) is 36.4 Å². The van der Waals surface area contributed by atoms with Gasteiger partial charge in [0, 0.05) is 17.6 Å². The molecule has 1 aliphatic rings. The number of hydrogen-bond donors (Lipinski definition) is 0. The number of ether oxygens (including phenoxy) is 1. The first-order valence-electron chi connectivity index (χ1n) is 9.39. The highest BCUT2D eigenvalue weighted by molar-refractivity contribution is 8.04. The second-order valence-corrected chi connectivity index (χ2v) is 7.69. The number of anilines is 2. The fourth-order valence-electron chi connectivity index (χ4n) is 3.31. The molecule has 0 N–H and O–H groups in total. The molecule has 0 aliphatic carbocycles. The van der Waals surface area contributed by atoms with Crippen molar-refractivity contribution in [2.24, 2.45) is 0 Å². The summed E-state index contributed by atoms with van der Waals surface area (Å²) in [4.78, 5) is 31.2. The smallest absolute Gasteiger partial charge is 0.283 e. The van der Waals surface area contributed by atoms with Gasteiger partial charge in [0.1, 0.15) is 16.4 Å². The minimum Gasteiger partial charge on any atom is -0.495 e. The molecule has 0 bridgehead atoms. The lowest BCUT2D eigenvalue weighted by Crippen LogP contribution is -2.34. The maximum atomic E-state index is 13.5. The number of amides is 2. The average molecular weight is 417 g/mol. The molecule has 0 unspecified atom stereocenters. The second-order valence-electron chi connectivity index (χ2n) is 6.60. The van der Waals surface area contributed by atoms with E-state index in [-0.39, 0.29) is 11.8 Å². The molecule has 0 radical (unpaired) electrons. The Morgan fingerprint density at radius 2 is 1.40 bits per heavy atom. The molecule has 30 heavy (non-hydrogen) atoms. The summed E-state index contributed by atoms with van der Waals surface area (Å²) in [7, 11) is 3.32. The van der Waals surface area contributed by atoms with E-state index in [9.17, 15) is 9.59 Å². The molecule has 3 aromatic carbocycles. The molecule has 0 saturated carbocycles. The minimum absolute atomic E-state index is 0.339. The zero-order chi connectivity index (χ0) is 21.1. The maximum absolute atomic E-state index is 13.5. The van der Waals surface area contributed by atoms with Gasteiger partial charge in [-0.2, -0.15) is 0 Å². The van der Waals surface area contributed by atoms with Crippen LogP contribution in [-0.2, 0) is 9.59 Å². The van der Waals surface area contributed by atoms with E-state index < -0.39 is 0 Å². The zero-order valence-electron chi connectivity index (χ0n) is 16.6. The number of nitrogens with zero attached hydrogens (tertiary/aromatic N) is 2. The summed E-state index contributed by atoms with van der Waals surface area (Å²) >= 11 is 1.29. The number of likely N-dealkylation sites (N-methyl/N-ethyl adjacent to an activating group) is 1. The third-order valence-corrected chi connectivity index (χ3v) is 5.87. The summed E-state index contributed by atoms with van der Waals surface area (Å²) in [6.45, 7) is 0. The predicted molar refractivity (Wildman–Crippen MR) is 120 cm³/mol. The Balaban J connectivity index is 1.82. The van der Waals surface area contributed by atoms with E-state index in [1.54, 1.807) is 36.2 Å². The van der Waals surface area contributed by atoms with Gasteiger partial charge in [-0.3, -0.25) is 9.59 Å². The van der Waals surface area contributed by atoms with Crippen LogP contribution in [0.3, 0.4) is 0 Å². The van der Waals surface area contributed by atoms with E-state index in [0.29, 0.717) is 22.0 Å². The molecule has 1 heterocycles. The van der Waals surface area contributed by atoms with Crippen molar-refractivity contribution in [1.29, 1.82) is 0 Å². The summed E-state index contributed by atoms with van der Waals surface area (Å²) in [6.07, 6.45) is 0. The first kappa shape index (κ1) is 19.8. The van der Waals surface area contributed by atoms with Crippen LogP contribution in [0, 0.1) is 0 Å². The number of methoxy groups -OCH3 is 1. The van der Waals surface area contributed by atoms with Crippen molar-refractivity contribution in [3.05, 3.63) is 95.5 Å². The third kappa shape index (κ3) is 3.57. The first-order valence-corrected chi connectivity index (χ1v) is 10.2. The summed E-state index contributed by atoms with van der Waals surface area (Å²) in [5.74, 6) is -0.280. The molecule has 2 amide bonds. The van der Waals surface area contributed by atoms with Crippen LogP contribution in [0.25, 0.3) is 0 Å². The first-order chi connectivity index (χ1) is 14.6. The van der Waals surface area contributed by atoms with Crippen LogP contribution in [0.1, 0.15) is 0 Å². The van der Waals surface area contributed by atoms with Crippen molar-refractivity contribution in [1.82, 2.24) is 0 Å². The van der Waals surface area contributed by atoms with Gasteiger partial charge in [-0.1, -0.05) is 60.3 Å². The molecule has 0 spiro atoms. The van der Waals surface area contributed by atoms with E-state index in [4.69, 9.17) is 4.74 Å². The largest absolute Gasteiger partial charge is 0.495 e. The van der Waals surface area contributed by atoms with Crippen molar-refractivity contribution in [2.75, 3.05) is 24.0 Å². The Hall–Kier alpha value is -3.51. The van der Waals surface area contributed by atoms with Crippen LogP contribution >= 0.6 is 11.8 Å². The predicted octanol–water partition coefficient (Wildman–Crippen LogP) is 4.71. The molecule has 0 aromatic heterocycles. The minimum atomic E-state index is -0.380. The van der Waals surface area contributed by atoms with Crippen molar-refractivity contribution < 1.29 is 14.3 Å². The van der Waals surface area contributed by atoms with Gasteiger partial charge >= 0.3 is 0 Å². The lowest BCUT2D eigenvalue weighted by molar-refractivity contribution is -0.120. The van der Waals surface area contributed by atoms with Crippen molar-refractivity contribution in [2.45, 2.75) is 4.90 Å². The average Bonchev–Trinajstić information content (AvgIpc) is 3.03. The number of thioether (sulfide) groups is 1. The van der Waals surface area contributed by atoms with E-state index in [2.05, 4.69) is 0 Å². The fraction of sp³-hybridized carbons (Fsp3) is 0.0833. The van der Waals surface area contributed by atoms with Crippen LogP contribution in [0.2, 0.25) is 0 Å². The van der Waals surface area contributed by atoms with Gasteiger partial charge in [0.05, 0.1) is 12.8 Å². The van der Waals surface area contributed by atoms with Crippen LogP contribution in [0.4, 0.5) is 11.4 Å².